The summed E-state index contributed by atoms with van der Waals surface area (Å²) in [6.45, 7) is 10.7. The molecule has 0 bridgehead atoms. The molecular weight excluding hydrogens is 262 g/mol. The zero-order chi connectivity index (χ0) is 15.6. The Hall–Kier alpha value is -1.65. The van der Waals surface area contributed by atoms with E-state index in [0.717, 1.165) is 60.9 Å². The van der Waals surface area contributed by atoms with Gasteiger partial charge in [-0.05, 0) is 36.7 Å². The van der Waals surface area contributed by atoms with E-state index in [1.54, 1.807) is 0 Å². The second-order valence-corrected chi connectivity index (χ2v) is 6.13. The summed E-state index contributed by atoms with van der Waals surface area (Å²) in [7, 11) is 0. The maximum atomic E-state index is 7.98. The summed E-state index contributed by atoms with van der Waals surface area (Å²) >= 11 is 0. The van der Waals surface area contributed by atoms with Crippen molar-refractivity contribution in [3.05, 3.63) is 16.8 Å². The maximum Gasteiger partial charge on any atom is 0.162 e. The van der Waals surface area contributed by atoms with Crippen LogP contribution in [0, 0.1) is 17.2 Å². The number of nitrogens with zero attached hydrogens (tertiary/aromatic N) is 3. The van der Waals surface area contributed by atoms with Gasteiger partial charge in [0, 0.05) is 13.1 Å². The summed E-state index contributed by atoms with van der Waals surface area (Å²) in [6.07, 6.45) is 2.81. The predicted molar refractivity (Wildman–Crippen MR) is 87.0 cm³/mol. The second-order valence-electron chi connectivity index (χ2n) is 6.13. The lowest BCUT2D eigenvalue weighted by atomic mass is 9.88. The van der Waals surface area contributed by atoms with Gasteiger partial charge in [-0.2, -0.15) is 5.10 Å². The van der Waals surface area contributed by atoms with Crippen molar-refractivity contribution in [1.82, 2.24) is 10.2 Å². The molecule has 3 N–H and O–H groups in total. The Morgan fingerprint density at radius 1 is 1.24 bits per heavy atom. The molecule has 2 heterocycles. The minimum absolute atomic E-state index is 0.109. The van der Waals surface area contributed by atoms with E-state index >= 15 is 0 Å². The Morgan fingerprint density at radius 3 is 2.48 bits per heavy atom. The fraction of sp³-hybridized carbons (Fsp3) is 0.688. The number of nitrogen functional groups attached to an aromatic ring is 1. The van der Waals surface area contributed by atoms with Crippen LogP contribution in [-0.4, -0.2) is 29.1 Å². The average molecular weight is 289 g/mol. The van der Waals surface area contributed by atoms with Crippen molar-refractivity contribution in [2.45, 2.75) is 47.0 Å². The van der Waals surface area contributed by atoms with Crippen molar-refractivity contribution < 1.29 is 0 Å². The predicted octanol–water partition coefficient (Wildman–Crippen LogP) is 2.37. The largest absolute Gasteiger partial charge is 0.384 e. The summed E-state index contributed by atoms with van der Waals surface area (Å²) < 4.78 is 0. The molecule has 1 fully saturated rings. The van der Waals surface area contributed by atoms with Gasteiger partial charge in [-0.25, -0.2) is 0 Å². The summed E-state index contributed by atoms with van der Waals surface area (Å²) in [6, 6.07) is 0. The minimum atomic E-state index is 0.109. The van der Waals surface area contributed by atoms with E-state index in [1.807, 2.05) is 0 Å². The van der Waals surface area contributed by atoms with Crippen LogP contribution in [0.4, 0.5) is 5.82 Å². The highest BCUT2D eigenvalue weighted by atomic mass is 15.3. The van der Waals surface area contributed by atoms with Crippen molar-refractivity contribution in [2.75, 3.05) is 18.0 Å². The molecule has 0 radical (unpaired) electrons. The Morgan fingerprint density at radius 2 is 1.95 bits per heavy atom. The number of nitrogens with one attached hydrogen (secondary N) is 1. The van der Waals surface area contributed by atoms with Gasteiger partial charge in [0.2, 0.25) is 0 Å². The highest BCUT2D eigenvalue weighted by Crippen LogP contribution is 2.29. The Bertz CT molecular complexity index is 526. The molecule has 0 aromatic carbocycles. The smallest absolute Gasteiger partial charge is 0.162 e. The number of hydrogen-bond acceptors (Lipinski definition) is 4. The molecule has 0 aliphatic carbocycles. The van der Waals surface area contributed by atoms with Crippen molar-refractivity contribution in [2.24, 2.45) is 17.6 Å². The Balaban J connectivity index is 2.46. The Kier molecular flexibility index (Phi) is 4.80. The van der Waals surface area contributed by atoms with Gasteiger partial charge in [0.1, 0.15) is 5.84 Å². The van der Waals surface area contributed by atoms with Gasteiger partial charge in [-0.3, -0.25) is 5.41 Å². The highest BCUT2D eigenvalue weighted by Gasteiger charge is 2.27. The van der Waals surface area contributed by atoms with E-state index in [0.29, 0.717) is 5.92 Å². The van der Waals surface area contributed by atoms with Crippen molar-refractivity contribution in [1.29, 1.82) is 5.41 Å². The number of piperidine rings is 1. The highest BCUT2D eigenvalue weighted by molar-refractivity contribution is 6.01. The van der Waals surface area contributed by atoms with Crippen LogP contribution >= 0.6 is 0 Å². The van der Waals surface area contributed by atoms with Gasteiger partial charge in [0.25, 0.3) is 0 Å². The van der Waals surface area contributed by atoms with Crippen LogP contribution in [0.3, 0.4) is 0 Å². The molecule has 2 unspecified atom stereocenters. The Labute approximate surface area is 127 Å². The molecule has 1 aliphatic heterocycles. The molecule has 0 saturated carbocycles. The first-order valence-corrected chi connectivity index (χ1v) is 7.97. The summed E-state index contributed by atoms with van der Waals surface area (Å²) in [5.74, 6) is 2.26. The lowest BCUT2D eigenvalue weighted by molar-refractivity contribution is 0.322. The monoisotopic (exact) mass is 289 g/mol. The first-order valence-electron chi connectivity index (χ1n) is 7.97. The van der Waals surface area contributed by atoms with Gasteiger partial charge >= 0.3 is 0 Å². The lowest BCUT2D eigenvalue weighted by Gasteiger charge is -2.37. The zero-order valence-electron chi connectivity index (χ0n) is 13.6. The van der Waals surface area contributed by atoms with Crippen LogP contribution in [0.25, 0.3) is 0 Å². The van der Waals surface area contributed by atoms with E-state index < -0.39 is 0 Å². The first-order chi connectivity index (χ1) is 9.99. The van der Waals surface area contributed by atoms with Crippen molar-refractivity contribution in [3.8, 4) is 0 Å². The van der Waals surface area contributed by atoms with Gasteiger partial charge < -0.3 is 10.6 Å². The molecule has 21 heavy (non-hydrogen) atoms. The van der Waals surface area contributed by atoms with Crippen LogP contribution in [0.1, 0.15) is 50.9 Å². The molecule has 5 nitrogen and oxygen atoms in total. The topological polar surface area (TPSA) is 78.9 Å². The van der Waals surface area contributed by atoms with Crippen LogP contribution in [-0.2, 0) is 12.8 Å². The third-order valence-electron chi connectivity index (χ3n) is 4.73. The minimum Gasteiger partial charge on any atom is -0.384 e. The quantitative estimate of drug-likeness (QED) is 0.659. The van der Waals surface area contributed by atoms with Crippen molar-refractivity contribution >= 4 is 11.7 Å². The fourth-order valence-corrected chi connectivity index (χ4v) is 3.12. The second kappa shape index (κ2) is 6.41. The van der Waals surface area contributed by atoms with E-state index in [4.69, 9.17) is 11.1 Å². The first kappa shape index (κ1) is 15.7. The number of rotatable bonds is 4. The van der Waals surface area contributed by atoms with E-state index in [9.17, 15) is 0 Å². The van der Waals surface area contributed by atoms with Crippen LogP contribution in [0.2, 0.25) is 0 Å². The third kappa shape index (κ3) is 3.01. The molecule has 1 saturated heterocycles. The van der Waals surface area contributed by atoms with E-state index in [1.165, 1.54) is 0 Å². The number of amidine groups is 1. The lowest BCUT2D eigenvalue weighted by Crippen LogP contribution is -2.40. The van der Waals surface area contributed by atoms with Gasteiger partial charge in [0.05, 0.1) is 11.3 Å². The molecule has 2 rings (SSSR count). The summed E-state index contributed by atoms with van der Waals surface area (Å²) in [5, 5.41) is 16.8. The van der Waals surface area contributed by atoms with Gasteiger partial charge in [-0.15, -0.1) is 5.10 Å². The summed E-state index contributed by atoms with van der Waals surface area (Å²) in [5.41, 5.74) is 8.72. The number of anilines is 1. The van der Waals surface area contributed by atoms with Crippen LogP contribution in [0.5, 0.6) is 0 Å². The average Bonchev–Trinajstić information content (AvgIpc) is 2.48. The molecule has 5 heteroatoms. The van der Waals surface area contributed by atoms with Gasteiger partial charge in [-0.1, -0.05) is 27.7 Å². The molecular formula is C16H27N5. The molecule has 1 aromatic heterocycles. The third-order valence-corrected chi connectivity index (χ3v) is 4.73. The van der Waals surface area contributed by atoms with E-state index in [-0.39, 0.29) is 5.84 Å². The molecule has 0 amide bonds. The number of aromatic nitrogens is 2. The molecule has 2 atom stereocenters. The molecule has 1 aliphatic rings. The summed E-state index contributed by atoms with van der Waals surface area (Å²) in [4.78, 5) is 2.26. The molecule has 116 valence electrons. The molecule has 1 aromatic rings. The number of nitrogens with two attached hydrogens (primary N) is 1. The van der Waals surface area contributed by atoms with Crippen LogP contribution < -0.4 is 10.6 Å². The maximum absolute atomic E-state index is 7.98. The normalized spacial score (nSPS) is 22.4. The van der Waals surface area contributed by atoms with Gasteiger partial charge in [0.15, 0.2) is 5.82 Å². The van der Waals surface area contributed by atoms with Crippen LogP contribution in [0.15, 0.2) is 0 Å². The standard InChI is InChI=1S/C16H27N5/c1-5-12-13(6-2)19-20-16(14(12)15(17)18)21-8-7-10(3)11(4)9-21/h10-11H,5-9H2,1-4H3,(H3,17,18). The molecule has 0 spiro atoms. The SMILES string of the molecule is CCc1nnc(N2CCC(C)C(C)C2)c(C(=N)N)c1CC. The number of hydrogen-bond donors (Lipinski definition) is 2. The number of aryl methyl sites for hydroxylation is 1. The zero-order valence-corrected chi connectivity index (χ0v) is 13.6. The fourth-order valence-electron chi connectivity index (χ4n) is 3.12. The van der Waals surface area contributed by atoms with Crippen molar-refractivity contribution in [3.63, 3.8) is 0 Å². The van der Waals surface area contributed by atoms with E-state index in [2.05, 4.69) is 42.8 Å².